The van der Waals surface area contributed by atoms with E-state index in [1.807, 2.05) is 38.1 Å². The average molecular weight is 281 g/mol. The fourth-order valence-electron chi connectivity index (χ4n) is 2.33. The number of hydrogen-bond donors (Lipinski definition) is 1. The van der Waals surface area contributed by atoms with Gasteiger partial charge in [0.25, 0.3) is 0 Å². The summed E-state index contributed by atoms with van der Waals surface area (Å²) < 4.78 is 2.28. The molecule has 1 N–H and O–H groups in total. The Morgan fingerprint density at radius 2 is 1.90 bits per heavy atom. The molecule has 0 amide bonds. The molecular weight excluding hydrogens is 258 g/mol. The Morgan fingerprint density at radius 1 is 1.19 bits per heavy atom. The normalized spacial score (nSPS) is 11.1. The second kappa shape index (κ2) is 6.49. The number of hydrogen-bond acceptors (Lipinski definition) is 2. The van der Waals surface area contributed by atoms with Gasteiger partial charge in [0.1, 0.15) is 0 Å². The lowest BCUT2D eigenvalue weighted by Crippen LogP contribution is -2.13. The van der Waals surface area contributed by atoms with Gasteiger partial charge in [-0.15, -0.1) is 0 Å². The summed E-state index contributed by atoms with van der Waals surface area (Å²) in [6.45, 7) is 7.93. The number of aryl methyl sites for hydroxylation is 1. The van der Waals surface area contributed by atoms with Gasteiger partial charge in [0, 0.05) is 24.1 Å². The highest BCUT2D eigenvalue weighted by atomic mass is 15.0. The molecule has 0 atom stereocenters. The zero-order valence-corrected chi connectivity index (χ0v) is 13.1. The van der Waals surface area contributed by atoms with Crippen LogP contribution in [0, 0.1) is 11.3 Å². The van der Waals surface area contributed by atoms with Gasteiger partial charge >= 0.3 is 0 Å². The van der Waals surface area contributed by atoms with Gasteiger partial charge in [0.15, 0.2) is 0 Å². The van der Waals surface area contributed by atoms with Crippen molar-refractivity contribution in [2.24, 2.45) is 0 Å². The van der Waals surface area contributed by atoms with Gasteiger partial charge in [-0.05, 0) is 50.1 Å². The molecule has 110 valence electrons. The van der Waals surface area contributed by atoms with E-state index in [9.17, 15) is 0 Å². The van der Waals surface area contributed by atoms with Crippen molar-refractivity contribution >= 4 is 5.69 Å². The van der Waals surface area contributed by atoms with E-state index in [0.717, 1.165) is 30.8 Å². The van der Waals surface area contributed by atoms with Crippen LogP contribution in [-0.2, 0) is 18.5 Å². The molecule has 2 aromatic rings. The van der Waals surface area contributed by atoms with Crippen LogP contribution in [0.4, 0.5) is 5.69 Å². The molecule has 2 rings (SSSR count). The monoisotopic (exact) mass is 281 g/mol. The summed E-state index contributed by atoms with van der Waals surface area (Å²) in [5, 5.41) is 12.6. The van der Waals surface area contributed by atoms with Crippen molar-refractivity contribution in [1.29, 1.82) is 5.26 Å². The molecule has 0 bridgehead atoms. The molecule has 0 aliphatic heterocycles. The average Bonchev–Trinajstić information content (AvgIpc) is 2.93. The third-order valence-electron chi connectivity index (χ3n) is 3.75. The van der Waals surface area contributed by atoms with Crippen LogP contribution in [0.5, 0.6) is 0 Å². The van der Waals surface area contributed by atoms with Crippen LogP contribution < -0.4 is 5.32 Å². The van der Waals surface area contributed by atoms with Crippen LogP contribution in [0.15, 0.2) is 42.6 Å². The van der Waals surface area contributed by atoms with E-state index in [0.29, 0.717) is 0 Å². The molecule has 1 heterocycles. The highest BCUT2D eigenvalue weighted by molar-refractivity contribution is 5.47. The molecule has 0 radical (unpaired) electrons. The molecule has 1 aromatic heterocycles. The summed E-state index contributed by atoms with van der Waals surface area (Å²) in [5.41, 5.74) is 2.98. The van der Waals surface area contributed by atoms with Gasteiger partial charge in [0.05, 0.1) is 18.0 Å². The highest BCUT2D eigenvalue weighted by Crippen LogP contribution is 2.23. The Labute approximate surface area is 127 Å². The Bertz CT molecular complexity index is 615. The third-order valence-corrected chi connectivity index (χ3v) is 3.75. The van der Waals surface area contributed by atoms with Gasteiger partial charge in [-0.25, -0.2) is 0 Å². The number of benzene rings is 1. The highest BCUT2D eigenvalue weighted by Gasteiger charge is 2.18. The molecule has 0 unspecified atom stereocenters. The van der Waals surface area contributed by atoms with Crippen LogP contribution in [-0.4, -0.2) is 4.57 Å². The lowest BCUT2D eigenvalue weighted by Gasteiger charge is -2.16. The molecule has 0 saturated heterocycles. The van der Waals surface area contributed by atoms with E-state index in [2.05, 4.69) is 41.2 Å². The molecule has 1 aromatic carbocycles. The Kier molecular flexibility index (Phi) is 4.70. The predicted molar refractivity (Wildman–Crippen MR) is 87.1 cm³/mol. The van der Waals surface area contributed by atoms with Gasteiger partial charge in [-0.3, -0.25) is 0 Å². The van der Waals surface area contributed by atoms with E-state index in [4.69, 9.17) is 5.26 Å². The first kappa shape index (κ1) is 15.2. The Hall–Kier alpha value is -2.21. The molecule has 0 saturated carbocycles. The maximum absolute atomic E-state index is 9.16. The van der Waals surface area contributed by atoms with E-state index in [1.165, 1.54) is 5.69 Å². The summed E-state index contributed by atoms with van der Waals surface area (Å²) in [6.07, 6.45) is 3.26. The smallest absolute Gasteiger partial charge is 0.0766 e. The summed E-state index contributed by atoms with van der Waals surface area (Å²) in [7, 11) is 0. The van der Waals surface area contributed by atoms with Crippen molar-refractivity contribution in [2.75, 3.05) is 5.32 Å². The first-order chi connectivity index (χ1) is 10.1. The molecular formula is C18H23N3. The topological polar surface area (TPSA) is 40.8 Å². The minimum absolute atomic E-state index is 0.436. The van der Waals surface area contributed by atoms with E-state index >= 15 is 0 Å². The molecule has 3 nitrogen and oxygen atoms in total. The van der Waals surface area contributed by atoms with Gasteiger partial charge in [-0.2, -0.15) is 5.26 Å². The van der Waals surface area contributed by atoms with Crippen molar-refractivity contribution < 1.29 is 0 Å². The zero-order chi connectivity index (χ0) is 15.3. The second-order valence-corrected chi connectivity index (χ2v) is 5.86. The molecule has 3 heteroatoms. The number of nitrogens with zero attached hydrogens (tertiary/aromatic N) is 2. The zero-order valence-electron chi connectivity index (χ0n) is 13.1. The van der Waals surface area contributed by atoms with Crippen LogP contribution in [0.2, 0.25) is 0 Å². The van der Waals surface area contributed by atoms with E-state index in [1.54, 1.807) is 0 Å². The molecule has 0 spiro atoms. The van der Waals surface area contributed by atoms with Crippen LogP contribution in [0.3, 0.4) is 0 Å². The summed E-state index contributed by atoms with van der Waals surface area (Å²) in [6, 6.07) is 14.7. The minimum atomic E-state index is -0.436. The lowest BCUT2D eigenvalue weighted by atomic mass is 9.86. The van der Waals surface area contributed by atoms with Crippen molar-refractivity contribution in [3.63, 3.8) is 0 Å². The molecule has 0 aliphatic carbocycles. The van der Waals surface area contributed by atoms with E-state index < -0.39 is 5.41 Å². The first-order valence-corrected chi connectivity index (χ1v) is 7.46. The fourth-order valence-corrected chi connectivity index (χ4v) is 2.33. The summed E-state index contributed by atoms with van der Waals surface area (Å²) >= 11 is 0. The van der Waals surface area contributed by atoms with Gasteiger partial charge in [-0.1, -0.05) is 19.1 Å². The van der Waals surface area contributed by atoms with E-state index in [-0.39, 0.29) is 0 Å². The number of rotatable bonds is 6. The SMILES string of the molecule is CCCn1cccc1CNc1ccc(C(C)(C)C#N)cc1. The number of anilines is 1. The lowest BCUT2D eigenvalue weighted by molar-refractivity contribution is 0.654. The fraction of sp³-hybridized carbons (Fsp3) is 0.389. The molecule has 0 fully saturated rings. The van der Waals surface area contributed by atoms with Gasteiger partial charge in [0.2, 0.25) is 0 Å². The van der Waals surface area contributed by atoms with Crippen molar-refractivity contribution in [2.45, 2.75) is 45.7 Å². The second-order valence-electron chi connectivity index (χ2n) is 5.86. The summed E-state index contributed by atoms with van der Waals surface area (Å²) in [5.74, 6) is 0. The quantitative estimate of drug-likeness (QED) is 0.857. The molecule has 0 aliphatic rings. The Morgan fingerprint density at radius 3 is 2.52 bits per heavy atom. The van der Waals surface area contributed by atoms with Crippen LogP contribution in [0.25, 0.3) is 0 Å². The number of aromatic nitrogens is 1. The maximum Gasteiger partial charge on any atom is 0.0766 e. The molecule has 21 heavy (non-hydrogen) atoms. The standard InChI is InChI=1S/C18H23N3/c1-4-11-21-12-5-6-17(21)13-20-16-9-7-15(8-10-16)18(2,3)14-19/h5-10,12,20H,4,11,13H2,1-3H3. The summed E-state index contributed by atoms with van der Waals surface area (Å²) in [4.78, 5) is 0. The van der Waals surface area contributed by atoms with Crippen LogP contribution in [0.1, 0.15) is 38.4 Å². The van der Waals surface area contributed by atoms with Crippen molar-refractivity contribution in [1.82, 2.24) is 4.57 Å². The number of nitriles is 1. The number of nitrogens with one attached hydrogen (secondary N) is 1. The minimum Gasteiger partial charge on any atom is -0.379 e. The largest absolute Gasteiger partial charge is 0.379 e. The Balaban J connectivity index is 2.01. The van der Waals surface area contributed by atoms with Crippen molar-refractivity contribution in [3.8, 4) is 6.07 Å². The maximum atomic E-state index is 9.16. The first-order valence-electron chi connectivity index (χ1n) is 7.46. The van der Waals surface area contributed by atoms with Crippen LogP contribution >= 0.6 is 0 Å². The third kappa shape index (κ3) is 3.66. The van der Waals surface area contributed by atoms with Gasteiger partial charge < -0.3 is 9.88 Å². The predicted octanol–water partition coefficient (Wildman–Crippen LogP) is 4.31. The van der Waals surface area contributed by atoms with Crippen molar-refractivity contribution in [3.05, 3.63) is 53.9 Å².